The summed E-state index contributed by atoms with van der Waals surface area (Å²) in [6.07, 6.45) is -12.9. The molecule has 1 saturated heterocycles. The highest BCUT2D eigenvalue weighted by atomic mass is 32.2. The van der Waals surface area contributed by atoms with E-state index in [9.17, 15) is 62.6 Å². The van der Waals surface area contributed by atoms with Gasteiger partial charge in [0.1, 0.15) is 28.0 Å². The van der Waals surface area contributed by atoms with Crippen LogP contribution in [-0.4, -0.2) is 55.7 Å². The number of rotatable bonds is 9. The lowest BCUT2D eigenvalue weighted by molar-refractivity contribution is -0.393. The third-order valence-electron chi connectivity index (χ3n) is 9.78. The van der Waals surface area contributed by atoms with Gasteiger partial charge < -0.3 is 14.7 Å². The van der Waals surface area contributed by atoms with Gasteiger partial charge in [-0.2, -0.15) is 26.3 Å². The van der Waals surface area contributed by atoms with Gasteiger partial charge in [0.15, 0.2) is 9.84 Å². The third-order valence-corrected chi connectivity index (χ3v) is 12.3. The second-order valence-corrected chi connectivity index (χ2v) is 15.0. The quantitative estimate of drug-likeness (QED) is 0.178. The molecule has 52 heavy (non-hydrogen) atoms. The van der Waals surface area contributed by atoms with E-state index in [1.54, 1.807) is 0 Å². The second kappa shape index (κ2) is 14.0. The van der Waals surface area contributed by atoms with Crippen molar-refractivity contribution >= 4 is 21.7 Å². The molecule has 3 aromatic rings. The SMILES string of the molecule is O=C(O)C1CCC(C(=O)N2CCC(c3ccc(C(OCc4c(F)cccc4F)(C(F)(F)F)C(F)(F)F)c(F)c3)(S(=O)(=O)c3ccc(F)cc3)C2)CC1. The molecule has 0 bridgehead atoms. The van der Waals surface area contributed by atoms with Crippen molar-refractivity contribution in [3.8, 4) is 0 Å². The lowest BCUT2D eigenvalue weighted by Gasteiger charge is -2.38. The summed E-state index contributed by atoms with van der Waals surface area (Å²) in [4.78, 5) is 25.5. The first-order valence-corrected chi connectivity index (χ1v) is 17.2. The number of halogens is 10. The van der Waals surface area contributed by atoms with E-state index in [2.05, 4.69) is 4.74 Å². The van der Waals surface area contributed by atoms with Gasteiger partial charge in [0.05, 0.1) is 17.4 Å². The Bertz CT molecular complexity index is 1910. The summed E-state index contributed by atoms with van der Waals surface area (Å²) in [6, 6.07) is 5.82. The number of alkyl halides is 6. The van der Waals surface area contributed by atoms with Crippen LogP contribution in [0.25, 0.3) is 0 Å². The Morgan fingerprint density at radius 3 is 1.88 bits per heavy atom. The molecule has 1 unspecified atom stereocenters. The number of hydrogen-bond donors (Lipinski definition) is 1. The van der Waals surface area contributed by atoms with Gasteiger partial charge in [0, 0.05) is 30.1 Å². The van der Waals surface area contributed by atoms with Crippen molar-refractivity contribution in [1.29, 1.82) is 0 Å². The van der Waals surface area contributed by atoms with E-state index in [1.165, 1.54) is 0 Å². The van der Waals surface area contributed by atoms with Gasteiger partial charge in [-0.05, 0) is 80.1 Å². The molecule has 1 heterocycles. The lowest BCUT2D eigenvalue weighted by atomic mass is 9.81. The molecule has 0 aromatic heterocycles. The maximum absolute atomic E-state index is 16.0. The van der Waals surface area contributed by atoms with Crippen molar-refractivity contribution in [1.82, 2.24) is 4.90 Å². The molecular formula is C34H29F10NO6S. The normalized spacial score (nSPS) is 21.7. The van der Waals surface area contributed by atoms with E-state index in [-0.39, 0.29) is 44.4 Å². The van der Waals surface area contributed by atoms with Crippen molar-refractivity contribution in [3.05, 3.63) is 101 Å². The van der Waals surface area contributed by atoms with E-state index < -0.39 is 121 Å². The highest BCUT2D eigenvalue weighted by Crippen LogP contribution is 2.55. The number of carbonyl (C=O) groups is 2. The predicted octanol–water partition coefficient (Wildman–Crippen LogP) is 7.57. The molecule has 1 aliphatic carbocycles. The number of aliphatic carboxylic acids is 1. The van der Waals surface area contributed by atoms with Crippen LogP contribution in [0.1, 0.15) is 48.8 Å². The summed E-state index contributed by atoms with van der Waals surface area (Å²) in [7, 11) is -4.83. The minimum atomic E-state index is -6.50. The van der Waals surface area contributed by atoms with E-state index in [4.69, 9.17) is 0 Å². The van der Waals surface area contributed by atoms with E-state index in [0.29, 0.717) is 18.2 Å². The van der Waals surface area contributed by atoms with Crippen LogP contribution in [0, 0.1) is 35.1 Å². The zero-order chi connectivity index (χ0) is 38.4. The van der Waals surface area contributed by atoms with Gasteiger partial charge >= 0.3 is 18.3 Å². The summed E-state index contributed by atoms with van der Waals surface area (Å²) in [5, 5.41) is 9.29. The Kier molecular flexibility index (Phi) is 10.5. The number of carboxylic acid groups (broad SMARTS) is 1. The zero-order valence-corrected chi connectivity index (χ0v) is 27.5. The molecule has 1 amide bonds. The summed E-state index contributed by atoms with van der Waals surface area (Å²) in [6.45, 7) is -3.00. The maximum Gasteiger partial charge on any atom is 0.430 e. The number of ether oxygens (including phenoxy) is 1. The molecule has 2 aliphatic rings. The van der Waals surface area contributed by atoms with Crippen LogP contribution in [0.4, 0.5) is 43.9 Å². The topological polar surface area (TPSA) is 101 Å². The van der Waals surface area contributed by atoms with Crippen molar-refractivity contribution in [2.45, 2.75) is 66.3 Å². The number of nitrogens with zero attached hydrogens (tertiary/aromatic N) is 1. The highest BCUT2D eigenvalue weighted by Gasteiger charge is 2.74. The third kappa shape index (κ3) is 6.74. The molecule has 0 radical (unpaired) electrons. The molecule has 1 aliphatic heterocycles. The van der Waals surface area contributed by atoms with E-state index in [1.807, 2.05) is 0 Å². The minimum Gasteiger partial charge on any atom is -0.481 e. The number of carboxylic acids is 1. The molecule has 1 atom stereocenters. The number of amides is 1. The summed E-state index contributed by atoms with van der Waals surface area (Å²) in [5.74, 6) is -9.24. The zero-order valence-electron chi connectivity index (χ0n) is 26.7. The molecule has 5 rings (SSSR count). The summed E-state index contributed by atoms with van der Waals surface area (Å²) >= 11 is 0. The van der Waals surface area contributed by atoms with Gasteiger partial charge in [-0.3, -0.25) is 9.59 Å². The van der Waals surface area contributed by atoms with Crippen molar-refractivity contribution in [2.75, 3.05) is 13.1 Å². The minimum absolute atomic E-state index is 0.0168. The number of benzene rings is 3. The Balaban J connectivity index is 1.60. The molecule has 2 fully saturated rings. The highest BCUT2D eigenvalue weighted by molar-refractivity contribution is 7.92. The van der Waals surface area contributed by atoms with Crippen molar-refractivity contribution < 1.29 is 71.8 Å². The van der Waals surface area contributed by atoms with Gasteiger partial charge in [0.25, 0.3) is 5.60 Å². The summed E-state index contributed by atoms with van der Waals surface area (Å²) in [5.41, 5.74) is -9.66. The van der Waals surface area contributed by atoms with Gasteiger partial charge in [-0.15, -0.1) is 0 Å². The standard InChI is InChI=1S/C34H29F10NO6S/c35-22-9-11-23(12-10-22)52(49,50)31(14-15-45(18-31)29(46)19-4-6-20(7-5-19)30(47)48)21-8-13-25(28(38)16-21)32(33(39,40)41,34(42,43)44)51-17-24-26(36)2-1-3-27(24)37/h1-3,8-13,16,19-20H,4-7,14-15,17-18H2,(H,47,48). The van der Waals surface area contributed by atoms with Gasteiger partial charge in [-0.25, -0.2) is 26.0 Å². The lowest BCUT2D eigenvalue weighted by Crippen LogP contribution is -2.56. The molecule has 7 nitrogen and oxygen atoms in total. The molecule has 1 saturated carbocycles. The first-order valence-electron chi connectivity index (χ1n) is 15.7. The molecule has 3 aromatic carbocycles. The summed E-state index contributed by atoms with van der Waals surface area (Å²) < 4.78 is 176. The average Bonchev–Trinajstić information content (AvgIpc) is 3.53. The van der Waals surface area contributed by atoms with Crippen LogP contribution in [0.5, 0.6) is 0 Å². The molecule has 18 heteroatoms. The Hall–Kier alpha value is -4.19. The first-order chi connectivity index (χ1) is 24.2. The fourth-order valence-corrected chi connectivity index (χ4v) is 8.98. The van der Waals surface area contributed by atoms with Crippen LogP contribution in [-0.2, 0) is 41.1 Å². The van der Waals surface area contributed by atoms with Crippen LogP contribution < -0.4 is 0 Å². The van der Waals surface area contributed by atoms with Crippen LogP contribution in [0.2, 0.25) is 0 Å². The Morgan fingerprint density at radius 1 is 0.808 bits per heavy atom. The fraction of sp³-hybridized carbons (Fsp3) is 0.412. The second-order valence-electron chi connectivity index (χ2n) is 12.7. The predicted molar refractivity (Wildman–Crippen MR) is 161 cm³/mol. The fourth-order valence-electron chi connectivity index (χ4n) is 6.91. The first kappa shape index (κ1) is 39.0. The van der Waals surface area contributed by atoms with Gasteiger partial charge in [-0.1, -0.05) is 18.2 Å². The Morgan fingerprint density at radius 2 is 1.37 bits per heavy atom. The number of sulfone groups is 1. The number of hydrogen-bond acceptors (Lipinski definition) is 5. The van der Waals surface area contributed by atoms with E-state index in [0.717, 1.165) is 35.2 Å². The smallest absolute Gasteiger partial charge is 0.430 e. The van der Waals surface area contributed by atoms with Crippen molar-refractivity contribution in [3.63, 3.8) is 0 Å². The largest absolute Gasteiger partial charge is 0.481 e. The Labute approximate surface area is 290 Å². The van der Waals surface area contributed by atoms with E-state index >= 15 is 4.39 Å². The van der Waals surface area contributed by atoms with Crippen LogP contribution in [0.15, 0.2) is 65.6 Å². The maximum atomic E-state index is 16.0. The molecule has 282 valence electrons. The average molecular weight is 770 g/mol. The molecule has 0 spiro atoms. The van der Waals surface area contributed by atoms with Crippen molar-refractivity contribution in [2.24, 2.45) is 11.8 Å². The molecule has 1 N–H and O–H groups in total. The number of carbonyl (C=O) groups excluding carboxylic acids is 1. The van der Waals surface area contributed by atoms with Crippen LogP contribution >= 0.6 is 0 Å². The number of likely N-dealkylation sites (tertiary alicyclic amines) is 1. The van der Waals surface area contributed by atoms with Gasteiger partial charge in [0.2, 0.25) is 5.91 Å². The monoisotopic (exact) mass is 769 g/mol. The molecular weight excluding hydrogens is 740 g/mol. The van der Waals surface area contributed by atoms with Crippen LogP contribution in [0.3, 0.4) is 0 Å².